The van der Waals surface area contributed by atoms with Gasteiger partial charge in [0.2, 0.25) is 0 Å². The zero-order valence-electron chi connectivity index (χ0n) is 13.0. The lowest BCUT2D eigenvalue weighted by molar-refractivity contribution is -0.146. The number of halogens is 2. The molecule has 1 aromatic rings. The smallest absolute Gasteiger partial charge is 0.123 e. The molecule has 0 aromatic heterocycles. The summed E-state index contributed by atoms with van der Waals surface area (Å²) in [6.07, 6.45) is 7.90. The Morgan fingerprint density at radius 3 is 2.10 bits per heavy atom. The van der Waals surface area contributed by atoms with Crippen LogP contribution in [0.25, 0.3) is 0 Å². The summed E-state index contributed by atoms with van der Waals surface area (Å²) in [6.45, 7) is 4.94. The average Bonchev–Trinajstić information content (AvgIpc) is 2.34. The Bertz CT molecular complexity index is 545. The van der Waals surface area contributed by atoms with Gasteiger partial charge in [0, 0.05) is 0 Å². The lowest BCUT2D eigenvalue weighted by Gasteiger charge is -2.66. The summed E-state index contributed by atoms with van der Waals surface area (Å²) in [5.74, 6) is 0.671. The van der Waals surface area contributed by atoms with E-state index in [1.165, 1.54) is 38.5 Å². The summed E-state index contributed by atoms with van der Waals surface area (Å²) < 4.78 is 13.2. The number of rotatable bonds is 2. The highest BCUT2D eigenvalue weighted by molar-refractivity contribution is 6.21. The van der Waals surface area contributed by atoms with Gasteiger partial charge in [-0.05, 0) is 78.4 Å². The fourth-order valence-electron chi connectivity index (χ4n) is 6.80. The van der Waals surface area contributed by atoms with Gasteiger partial charge in [-0.2, -0.15) is 0 Å². The Labute approximate surface area is 132 Å². The van der Waals surface area contributed by atoms with Gasteiger partial charge in [0.05, 0.1) is 5.38 Å². The van der Waals surface area contributed by atoms with Crippen molar-refractivity contribution in [3.05, 3.63) is 35.6 Å². The van der Waals surface area contributed by atoms with Crippen molar-refractivity contribution in [1.82, 2.24) is 0 Å². The largest absolute Gasteiger partial charge is 0.207 e. The van der Waals surface area contributed by atoms with Gasteiger partial charge in [0.15, 0.2) is 0 Å². The van der Waals surface area contributed by atoms with Gasteiger partial charge in [-0.25, -0.2) is 4.39 Å². The molecule has 4 bridgehead atoms. The highest BCUT2D eigenvalue weighted by Crippen LogP contribution is 2.73. The molecular weight excluding hydrogens is 283 g/mol. The van der Waals surface area contributed by atoms with Crippen molar-refractivity contribution in [2.45, 2.75) is 57.7 Å². The van der Waals surface area contributed by atoms with Crippen LogP contribution in [0.1, 0.15) is 63.3 Å². The number of benzene rings is 1. The quantitative estimate of drug-likeness (QED) is 0.579. The minimum atomic E-state index is -0.174. The minimum absolute atomic E-state index is 0.0279. The number of alkyl halides is 1. The summed E-state index contributed by atoms with van der Waals surface area (Å²) in [4.78, 5) is 0. The zero-order valence-corrected chi connectivity index (χ0v) is 13.7. The normalized spacial score (nSPS) is 45.8. The minimum Gasteiger partial charge on any atom is -0.207 e. The molecule has 0 spiro atoms. The molecule has 4 saturated carbocycles. The van der Waals surface area contributed by atoms with Gasteiger partial charge in [-0.15, -0.1) is 11.6 Å². The maximum atomic E-state index is 13.2. The van der Waals surface area contributed by atoms with E-state index in [0.717, 1.165) is 11.5 Å². The summed E-state index contributed by atoms with van der Waals surface area (Å²) in [6, 6.07) is 6.87. The van der Waals surface area contributed by atoms with E-state index in [1.807, 2.05) is 12.1 Å². The van der Waals surface area contributed by atoms with E-state index in [9.17, 15) is 4.39 Å². The standard InChI is InChI=1S/C19H24ClF/c1-17-7-13-8-18(2,10-17)12-19(9-13,11-17)16(20)14-3-5-15(21)6-4-14/h3-6,13,16H,7-12H2,1-2H3. The molecular formula is C19H24ClF. The molecule has 0 aliphatic heterocycles. The van der Waals surface area contributed by atoms with Gasteiger partial charge in [-0.1, -0.05) is 26.0 Å². The molecule has 4 aliphatic carbocycles. The predicted octanol–water partition coefficient (Wildman–Crippen LogP) is 6.10. The fraction of sp³-hybridized carbons (Fsp3) is 0.684. The Hall–Kier alpha value is -0.560. The SMILES string of the molecule is CC12CC3CC(C)(C1)CC(C(Cl)c1ccc(F)cc1)(C3)C2. The van der Waals surface area contributed by atoms with Crippen LogP contribution in [0.4, 0.5) is 4.39 Å². The van der Waals surface area contributed by atoms with E-state index in [2.05, 4.69) is 13.8 Å². The molecule has 0 saturated heterocycles. The summed E-state index contributed by atoms with van der Waals surface area (Å²) in [5.41, 5.74) is 2.28. The van der Waals surface area contributed by atoms with E-state index < -0.39 is 0 Å². The molecule has 4 fully saturated rings. The van der Waals surface area contributed by atoms with Gasteiger partial charge < -0.3 is 0 Å². The number of hydrogen-bond donors (Lipinski definition) is 0. The van der Waals surface area contributed by atoms with Gasteiger partial charge in [0.25, 0.3) is 0 Å². The second-order valence-corrected chi connectivity index (χ2v) is 9.34. The summed E-state index contributed by atoms with van der Waals surface area (Å²) in [5, 5.41) is 0.0279. The maximum Gasteiger partial charge on any atom is 0.123 e. The summed E-state index contributed by atoms with van der Waals surface area (Å²) >= 11 is 6.98. The average molecular weight is 307 g/mol. The predicted molar refractivity (Wildman–Crippen MR) is 84.8 cm³/mol. The molecule has 0 radical (unpaired) electrons. The highest BCUT2D eigenvalue weighted by Gasteiger charge is 2.62. The molecule has 3 unspecified atom stereocenters. The molecule has 0 amide bonds. The molecule has 0 nitrogen and oxygen atoms in total. The van der Waals surface area contributed by atoms with Crippen LogP contribution in [0, 0.1) is 28.0 Å². The van der Waals surface area contributed by atoms with Crippen LogP contribution in [0.3, 0.4) is 0 Å². The molecule has 21 heavy (non-hydrogen) atoms. The third kappa shape index (κ3) is 2.15. The van der Waals surface area contributed by atoms with Gasteiger partial charge in [0.1, 0.15) is 5.82 Å². The van der Waals surface area contributed by atoms with Crippen molar-refractivity contribution >= 4 is 11.6 Å². The second kappa shape index (κ2) is 4.25. The van der Waals surface area contributed by atoms with Crippen LogP contribution in [-0.4, -0.2) is 0 Å². The third-order valence-electron chi connectivity index (χ3n) is 6.37. The van der Waals surface area contributed by atoms with Crippen LogP contribution in [0.2, 0.25) is 0 Å². The Kier molecular flexibility index (Phi) is 2.85. The first kappa shape index (κ1) is 14.1. The molecule has 4 aliphatic rings. The van der Waals surface area contributed by atoms with Crippen LogP contribution in [0.15, 0.2) is 24.3 Å². The fourth-order valence-corrected chi connectivity index (χ4v) is 7.19. The van der Waals surface area contributed by atoms with Crippen LogP contribution in [-0.2, 0) is 0 Å². The highest BCUT2D eigenvalue weighted by atomic mass is 35.5. The molecule has 3 atom stereocenters. The molecule has 1 aromatic carbocycles. The lowest BCUT2D eigenvalue weighted by Crippen LogP contribution is -2.56. The zero-order chi connectivity index (χ0) is 14.9. The van der Waals surface area contributed by atoms with Gasteiger partial charge in [-0.3, -0.25) is 0 Å². The lowest BCUT2D eigenvalue weighted by atomic mass is 9.39. The van der Waals surface area contributed by atoms with Crippen LogP contribution in [0.5, 0.6) is 0 Å². The Morgan fingerprint density at radius 2 is 1.57 bits per heavy atom. The summed E-state index contributed by atoms with van der Waals surface area (Å²) in [7, 11) is 0. The first-order chi connectivity index (χ1) is 9.82. The molecule has 0 heterocycles. The van der Waals surface area contributed by atoms with E-state index in [4.69, 9.17) is 11.6 Å². The van der Waals surface area contributed by atoms with Crippen molar-refractivity contribution in [3.63, 3.8) is 0 Å². The molecule has 5 rings (SSSR count). The van der Waals surface area contributed by atoms with E-state index >= 15 is 0 Å². The van der Waals surface area contributed by atoms with E-state index in [-0.39, 0.29) is 16.6 Å². The van der Waals surface area contributed by atoms with Crippen LogP contribution >= 0.6 is 11.6 Å². The monoisotopic (exact) mass is 306 g/mol. The molecule has 2 heteroatoms. The molecule has 114 valence electrons. The van der Waals surface area contributed by atoms with Crippen molar-refractivity contribution in [2.24, 2.45) is 22.2 Å². The first-order valence-corrected chi connectivity index (χ1v) is 8.65. The Morgan fingerprint density at radius 1 is 1.00 bits per heavy atom. The van der Waals surface area contributed by atoms with Crippen molar-refractivity contribution in [1.29, 1.82) is 0 Å². The number of hydrogen-bond acceptors (Lipinski definition) is 0. The Balaban J connectivity index is 1.72. The first-order valence-electron chi connectivity index (χ1n) is 8.21. The van der Waals surface area contributed by atoms with E-state index in [1.54, 1.807) is 12.1 Å². The molecule has 0 N–H and O–H groups in total. The van der Waals surface area contributed by atoms with E-state index in [0.29, 0.717) is 10.8 Å². The third-order valence-corrected chi connectivity index (χ3v) is 7.08. The second-order valence-electron chi connectivity index (χ2n) is 8.91. The van der Waals surface area contributed by atoms with Crippen molar-refractivity contribution in [3.8, 4) is 0 Å². The topological polar surface area (TPSA) is 0 Å². The van der Waals surface area contributed by atoms with Crippen molar-refractivity contribution < 1.29 is 4.39 Å². The van der Waals surface area contributed by atoms with Crippen LogP contribution < -0.4 is 0 Å². The van der Waals surface area contributed by atoms with Gasteiger partial charge >= 0.3 is 0 Å². The van der Waals surface area contributed by atoms with Crippen molar-refractivity contribution in [2.75, 3.05) is 0 Å². The maximum absolute atomic E-state index is 13.2.